The Morgan fingerprint density at radius 3 is 2.68 bits per heavy atom. The molecular weight excluding hydrogens is 354 g/mol. The molecule has 28 heavy (non-hydrogen) atoms. The van der Waals surface area contributed by atoms with E-state index in [1.54, 1.807) is 14.2 Å². The van der Waals surface area contributed by atoms with Crippen molar-refractivity contribution in [2.24, 2.45) is 5.92 Å². The van der Waals surface area contributed by atoms with Gasteiger partial charge in [-0.15, -0.1) is 0 Å². The number of hydrogen-bond acceptors (Lipinski definition) is 5. The zero-order valence-corrected chi connectivity index (χ0v) is 17.4. The molecule has 3 rings (SSSR count). The van der Waals surface area contributed by atoms with Crippen molar-refractivity contribution in [3.05, 3.63) is 29.8 Å². The second-order valence-electron chi connectivity index (χ2n) is 7.94. The number of benzene rings is 1. The van der Waals surface area contributed by atoms with Gasteiger partial charge in [0.05, 0.1) is 19.6 Å². The molecule has 0 aliphatic carbocycles. The molecule has 1 aromatic carbocycles. The number of carbonyl (C=O) groups is 1. The van der Waals surface area contributed by atoms with Gasteiger partial charge in [0.15, 0.2) is 0 Å². The van der Waals surface area contributed by atoms with Gasteiger partial charge >= 0.3 is 0 Å². The fourth-order valence-electron chi connectivity index (χ4n) is 4.49. The number of carbonyl (C=O) groups excluding carboxylic acids is 1. The second-order valence-corrected chi connectivity index (χ2v) is 7.94. The molecule has 0 saturated carbocycles. The lowest BCUT2D eigenvalue weighted by molar-refractivity contribution is -0.127. The van der Waals surface area contributed by atoms with Crippen molar-refractivity contribution < 1.29 is 14.3 Å². The molecular formula is C22H35N3O3. The first-order valence-corrected chi connectivity index (χ1v) is 10.6. The Bertz CT molecular complexity index is 617. The van der Waals surface area contributed by atoms with Crippen molar-refractivity contribution in [2.45, 2.75) is 38.3 Å². The average Bonchev–Trinajstić information content (AvgIpc) is 2.75. The van der Waals surface area contributed by atoms with E-state index < -0.39 is 0 Å². The van der Waals surface area contributed by atoms with Gasteiger partial charge in [0.1, 0.15) is 5.75 Å². The number of amides is 1. The van der Waals surface area contributed by atoms with Crippen LogP contribution < -0.4 is 10.1 Å². The number of nitrogens with one attached hydrogen (secondary N) is 1. The molecule has 1 N–H and O–H groups in total. The number of likely N-dealkylation sites (tertiary alicyclic amines) is 2. The number of nitrogens with zero attached hydrogens (tertiary/aromatic N) is 2. The van der Waals surface area contributed by atoms with Gasteiger partial charge in [-0.2, -0.15) is 0 Å². The molecule has 1 aromatic rings. The zero-order valence-electron chi connectivity index (χ0n) is 17.4. The van der Waals surface area contributed by atoms with E-state index in [0.717, 1.165) is 51.3 Å². The maximum absolute atomic E-state index is 12.4. The van der Waals surface area contributed by atoms with E-state index in [0.29, 0.717) is 19.2 Å². The van der Waals surface area contributed by atoms with Crippen molar-refractivity contribution in [2.75, 3.05) is 53.6 Å². The van der Waals surface area contributed by atoms with Crippen LogP contribution >= 0.6 is 0 Å². The first-order valence-electron chi connectivity index (χ1n) is 10.6. The lowest BCUT2D eigenvalue weighted by atomic mass is 9.93. The molecule has 1 amide bonds. The number of para-hydroxylation sites is 1. The molecule has 156 valence electrons. The minimum Gasteiger partial charge on any atom is -0.496 e. The third-order valence-electron chi connectivity index (χ3n) is 6.09. The van der Waals surface area contributed by atoms with Crippen LogP contribution in [0.3, 0.4) is 0 Å². The maximum Gasteiger partial charge on any atom is 0.224 e. The molecule has 6 nitrogen and oxygen atoms in total. The molecule has 2 aliphatic rings. The zero-order chi connectivity index (χ0) is 19.8. The first-order chi connectivity index (χ1) is 13.7. The number of ether oxygens (including phenoxy) is 2. The third-order valence-corrected chi connectivity index (χ3v) is 6.09. The Hall–Kier alpha value is -1.63. The van der Waals surface area contributed by atoms with E-state index in [-0.39, 0.29) is 11.8 Å². The fourth-order valence-corrected chi connectivity index (χ4v) is 4.49. The molecule has 0 radical (unpaired) electrons. The Morgan fingerprint density at radius 1 is 1.14 bits per heavy atom. The summed E-state index contributed by atoms with van der Waals surface area (Å²) in [5.41, 5.74) is 1.26. The summed E-state index contributed by atoms with van der Waals surface area (Å²) in [4.78, 5) is 17.5. The summed E-state index contributed by atoms with van der Waals surface area (Å²) < 4.78 is 10.5. The number of methoxy groups -OCH3 is 2. The van der Waals surface area contributed by atoms with Gasteiger partial charge in [-0.25, -0.2) is 0 Å². The summed E-state index contributed by atoms with van der Waals surface area (Å²) in [6.07, 6.45) is 4.46. The quantitative estimate of drug-likeness (QED) is 0.691. The van der Waals surface area contributed by atoms with Crippen LogP contribution in [0, 0.1) is 5.92 Å². The highest BCUT2D eigenvalue weighted by molar-refractivity contribution is 5.78. The fraction of sp³-hybridized carbons (Fsp3) is 0.682. The van der Waals surface area contributed by atoms with Crippen LogP contribution in [0.2, 0.25) is 0 Å². The predicted molar refractivity (Wildman–Crippen MR) is 110 cm³/mol. The van der Waals surface area contributed by atoms with E-state index in [4.69, 9.17) is 9.47 Å². The van der Waals surface area contributed by atoms with Crippen molar-refractivity contribution >= 4 is 5.91 Å². The molecule has 6 heteroatoms. The smallest absolute Gasteiger partial charge is 0.224 e. The van der Waals surface area contributed by atoms with Crippen LogP contribution in [0.4, 0.5) is 0 Å². The van der Waals surface area contributed by atoms with Gasteiger partial charge in [-0.05, 0) is 51.4 Å². The topological polar surface area (TPSA) is 54.0 Å². The number of piperidine rings is 2. The lowest BCUT2D eigenvalue weighted by Crippen LogP contribution is -2.50. The van der Waals surface area contributed by atoms with Gasteiger partial charge in [-0.1, -0.05) is 18.2 Å². The van der Waals surface area contributed by atoms with Crippen molar-refractivity contribution in [3.63, 3.8) is 0 Å². The van der Waals surface area contributed by atoms with Crippen LogP contribution in [0.1, 0.15) is 31.2 Å². The summed E-state index contributed by atoms with van der Waals surface area (Å²) in [7, 11) is 3.40. The summed E-state index contributed by atoms with van der Waals surface area (Å²) >= 11 is 0. The normalized spacial score (nSPS) is 22.1. The maximum atomic E-state index is 12.4. The summed E-state index contributed by atoms with van der Waals surface area (Å²) in [5, 5.41) is 3.01. The molecule has 0 spiro atoms. The van der Waals surface area contributed by atoms with Crippen molar-refractivity contribution in [1.29, 1.82) is 0 Å². The average molecular weight is 390 g/mol. The van der Waals surface area contributed by atoms with Crippen LogP contribution in [0.15, 0.2) is 24.3 Å². The lowest BCUT2D eigenvalue weighted by Gasteiger charge is -2.42. The predicted octanol–water partition coefficient (Wildman–Crippen LogP) is 2.13. The molecule has 0 aromatic heterocycles. The molecule has 1 unspecified atom stereocenters. The highest BCUT2D eigenvalue weighted by Gasteiger charge is 2.31. The standard InChI is InChI=1S/C22H35N3O3/c1-27-15-11-23-22(26)19-7-5-12-25(17-19)20-9-13-24(14-10-20)16-18-6-3-4-8-21(18)28-2/h3-4,6,8,19-20H,5,7,9-17H2,1-2H3,(H,23,26). The van der Waals surface area contributed by atoms with Crippen molar-refractivity contribution in [1.82, 2.24) is 15.1 Å². The van der Waals surface area contributed by atoms with E-state index in [1.165, 1.54) is 18.4 Å². The van der Waals surface area contributed by atoms with E-state index in [2.05, 4.69) is 27.2 Å². The third kappa shape index (κ3) is 5.69. The van der Waals surface area contributed by atoms with E-state index in [9.17, 15) is 4.79 Å². The number of rotatable bonds is 8. The molecule has 2 fully saturated rings. The van der Waals surface area contributed by atoms with Crippen LogP contribution in [0.25, 0.3) is 0 Å². The highest BCUT2D eigenvalue weighted by atomic mass is 16.5. The van der Waals surface area contributed by atoms with Gasteiger partial charge in [0.2, 0.25) is 5.91 Å². The second kappa shape index (κ2) is 10.8. The Labute approximate surface area is 169 Å². The van der Waals surface area contributed by atoms with Gasteiger partial charge in [0.25, 0.3) is 0 Å². The Kier molecular flexibility index (Phi) is 8.13. The first kappa shape index (κ1) is 21.1. The minimum absolute atomic E-state index is 0.122. The van der Waals surface area contributed by atoms with E-state index in [1.807, 2.05) is 12.1 Å². The minimum atomic E-state index is 0.122. The van der Waals surface area contributed by atoms with Gasteiger partial charge < -0.3 is 14.8 Å². The monoisotopic (exact) mass is 389 g/mol. The molecule has 2 heterocycles. The molecule has 2 saturated heterocycles. The van der Waals surface area contributed by atoms with Gasteiger partial charge in [0, 0.05) is 38.3 Å². The summed E-state index contributed by atoms with van der Waals surface area (Å²) in [5.74, 6) is 1.29. The van der Waals surface area contributed by atoms with Crippen LogP contribution in [-0.4, -0.2) is 75.3 Å². The van der Waals surface area contributed by atoms with Crippen LogP contribution in [-0.2, 0) is 16.1 Å². The highest BCUT2D eigenvalue weighted by Crippen LogP contribution is 2.26. The van der Waals surface area contributed by atoms with E-state index >= 15 is 0 Å². The molecule has 0 bridgehead atoms. The molecule has 2 aliphatic heterocycles. The Morgan fingerprint density at radius 2 is 1.93 bits per heavy atom. The van der Waals surface area contributed by atoms with Crippen molar-refractivity contribution in [3.8, 4) is 5.75 Å². The van der Waals surface area contributed by atoms with Gasteiger partial charge in [-0.3, -0.25) is 14.6 Å². The number of hydrogen-bond donors (Lipinski definition) is 1. The largest absolute Gasteiger partial charge is 0.496 e. The van der Waals surface area contributed by atoms with Crippen LogP contribution in [0.5, 0.6) is 5.75 Å². The summed E-state index contributed by atoms with van der Waals surface area (Å²) in [6.45, 7) is 6.35. The SMILES string of the molecule is COCCNC(=O)C1CCCN(C2CCN(Cc3ccccc3OC)CC2)C1. The molecule has 1 atom stereocenters. The Balaban J connectivity index is 1.46. The summed E-state index contributed by atoms with van der Waals surface area (Å²) in [6, 6.07) is 8.89.